The summed E-state index contributed by atoms with van der Waals surface area (Å²) in [4.78, 5) is 0. The first kappa shape index (κ1) is 12.7. The second-order valence-corrected chi connectivity index (χ2v) is 5.63. The Morgan fingerprint density at radius 1 is 1.37 bits per heavy atom. The number of ether oxygens (including phenoxy) is 1. The van der Waals surface area contributed by atoms with E-state index >= 15 is 0 Å². The maximum absolute atomic E-state index is 5.53. The molecule has 1 aromatic heterocycles. The Hall–Kier alpha value is -1.32. The predicted octanol–water partition coefficient (Wildman–Crippen LogP) is 3.10. The highest BCUT2D eigenvalue weighted by atomic mass is 16.5. The predicted molar refractivity (Wildman–Crippen MR) is 78.4 cm³/mol. The summed E-state index contributed by atoms with van der Waals surface area (Å²) >= 11 is 0. The minimum atomic E-state index is 0.498. The van der Waals surface area contributed by atoms with Crippen molar-refractivity contribution in [2.75, 3.05) is 13.2 Å². The van der Waals surface area contributed by atoms with Crippen molar-refractivity contribution in [3.05, 3.63) is 36.0 Å². The van der Waals surface area contributed by atoms with Gasteiger partial charge < -0.3 is 14.6 Å². The zero-order valence-corrected chi connectivity index (χ0v) is 11.7. The van der Waals surface area contributed by atoms with Crippen LogP contribution >= 0.6 is 0 Å². The molecule has 2 aromatic rings. The van der Waals surface area contributed by atoms with E-state index in [1.807, 2.05) is 0 Å². The maximum Gasteiger partial charge on any atom is 0.0674 e. The quantitative estimate of drug-likeness (QED) is 0.912. The third-order valence-electron chi connectivity index (χ3n) is 3.82. The Bertz CT molecular complexity index is 553. The number of nitrogens with one attached hydrogen (secondary N) is 1. The molecule has 1 N–H and O–H groups in total. The van der Waals surface area contributed by atoms with Crippen LogP contribution in [0.1, 0.15) is 31.9 Å². The molecule has 1 unspecified atom stereocenters. The lowest BCUT2D eigenvalue weighted by Crippen LogP contribution is -2.22. The highest BCUT2D eigenvalue weighted by molar-refractivity contribution is 5.83. The summed E-state index contributed by atoms with van der Waals surface area (Å²) in [6.07, 6.45) is 3.33. The van der Waals surface area contributed by atoms with Crippen LogP contribution in [0.25, 0.3) is 10.9 Å². The van der Waals surface area contributed by atoms with Crippen LogP contribution in [0, 0.1) is 0 Å². The second kappa shape index (κ2) is 5.35. The van der Waals surface area contributed by atoms with E-state index in [0.29, 0.717) is 12.1 Å². The lowest BCUT2D eigenvalue weighted by Gasteiger charge is -2.16. The highest BCUT2D eigenvalue weighted by Crippen LogP contribution is 2.28. The minimum absolute atomic E-state index is 0.498. The summed E-state index contributed by atoms with van der Waals surface area (Å²) < 4.78 is 7.93. The normalized spacial score (nSPS) is 19.6. The van der Waals surface area contributed by atoms with Gasteiger partial charge in [-0.25, -0.2) is 0 Å². The van der Waals surface area contributed by atoms with Crippen molar-refractivity contribution in [1.82, 2.24) is 9.88 Å². The highest BCUT2D eigenvalue weighted by Gasteiger charge is 2.19. The molecule has 1 fully saturated rings. The molecule has 0 saturated carbocycles. The fourth-order valence-electron chi connectivity index (χ4n) is 2.80. The molecule has 0 bridgehead atoms. The van der Waals surface area contributed by atoms with Crippen molar-refractivity contribution < 1.29 is 4.74 Å². The van der Waals surface area contributed by atoms with E-state index in [9.17, 15) is 0 Å². The first-order valence-electron chi connectivity index (χ1n) is 7.15. The van der Waals surface area contributed by atoms with Gasteiger partial charge in [0, 0.05) is 25.4 Å². The zero-order valence-electron chi connectivity index (χ0n) is 11.7. The van der Waals surface area contributed by atoms with Crippen LogP contribution in [0.15, 0.2) is 30.5 Å². The topological polar surface area (TPSA) is 26.2 Å². The Morgan fingerprint density at radius 2 is 2.26 bits per heavy atom. The molecule has 0 amide bonds. The number of para-hydroxylation sites is 1. The molecule has 2 heterocycles. The molecule has 0 aliphatic carbocycles. The van der Waals surface area contributed by atoms with E-state index < -0.39 is 0 Å². The van der Waals surface area contributed by atoms with Crippen molar-refractivity contribution in [1.29, 1.82) is 0 Å². The molecule has 1 saturated heterocycles. The van der Waals surface area contributed by atoms with Crippen LogP contribution in [-0.2, 0) is 11.3 Å². The number of hydrogen-bond acceptors (Lipinski definition) is 2. The standard InChI is InChI=1S/C16H22N2O/c1-12(2)17-10-14-5-3-4-13-6-8-18(16(13)14)15-7-9-19-11-15/h3-6,8,12,15,17H,7,9-11H2,1-2H3. The van der Waals surface area contributed by atoms with E-state index in [1.54, 1.807) is 0 Å². The average Bonchev–Trinajstić information content (AvgIpc) is 3.04. The van der Waals surface area contributed by atoms with Gasteiger partial charge in [-0.05, 0) is 23.4 Å². The van der Waals surface area contributed by atoms with Gasteiger partial charge in [0.2, 0.25) is 0 Å². The van der Waals surface area contributed by atoms with Gasteiger partial charge in [0.25, 0.3) is 0 Å². The zero-order chi connectivity index (χ0) is 13.2. The SMILES string of the molecule is CC(C)NCc1cccc2ccn(C3CCOC3)c12. The van der Waals surface area contributed by atoms with Crippen LogP contribution in [-0.4, -0.2) is 23.8 Å². The van der Waals surface area contributed by atoms with Gasteiger partial charge in [-0.15, -0.1) is 0 Å². The first-order valence-corrected chi connectivity index (χ1v) is 7.15. The van der Waals surface area contributed by atoms with Crippen LogP contribution < -0.4 is 5.32 Å². The second-order valence-electron chi connectivity index (χ2n) is 5.63. The summed E-state index contributed by atoms with van der Waals surface area (Å²) in [5.41, 5.74) is 2.74. The van der Waals surface area contributed by atoms with E-state index in [4.69, 9.17) is 4.74 Å². The molecule has 102 valence electrons. The number of hydrogen-bond donors (Lipinski definition) is 1. The summed E-state index contributed by atoms with van der Waals surface area (Å²) in [7, 11) is 0. The van der Waals surface area contributed by atoms with Gasteiger partial charge in [0.15, 0.2) is 0 Å². The van der Waals surface area contributed by atoms with Gasteiger partial charge in [0.1, 0.15) is 0 Å². The number of aromatic nitrogens is 1. The molecular weight excluding hydrogens is 236 g/mol. The van der Waals surface area contributed by atoms with E-state index in [1.165, 1.54) is 16.5 Å². The van der Waals surface area contributed by atoms with Gasteiger partial charge in [-0.3, -0.25) is 0 Å². The van der Waals surface area contributed by atoms with Crippen molar-refractivity contribution in [3.8, 4) is 0 Å². The summed E-state index contributed by atoms with van der Waals surface area (Å²) in [6, 6.07) is 9.79. The smallest absolute Gasteiger partial charge is 0.0674 e. The van der Waals surface area contributed by atoms with Crippen molar-refractivity contribution in [2.45, 2.75) is 38.9 Å². The molecule has 0 spiro atoms. The summed E-state index contributed by atoms with van der Waals surface area (Å²) in [5.74, 6) is 0. The fraction of sp³-hybridized carbons (Fsp3) is 0.500. The molecule has 3 heteroatoms. The van der Waals surface area contributed by atoms with Crippen LogP contribution in [0.4, 0.5) is 0 Å². The lowest BCUT2D eigenvalue weighted by molar-refractivity contribution is 0.187. The van der Waals surface area contributed by atoms with Crippen molar-refractivity contribution in [2.24, 2.45) is 0 Å². The van der Waals surface area contributed by atoms with Crippen LogP contribution in [0.5, 0.6) is 0 Å². The third kappa shape index (κ3) is 2.53. The molecule has 0 radical (unpaired) electrons. The number of nitrogens with zero attached hydrogens (tertiary/aromatic N) is 1. The number of fused-ring (bicyclic) bond motifs is 1. The summed E-state index contributed by atoms with van der Waals surface area (Å²) in [5, 5.41) is 4.85. The molecule has 1 aliphatic rings. The van der Waals surface area contributed by atoms with Gasteiger partial charge in [0.05, 0.1) is 18.2 Å². The fourth-order valence-corrected chi connectivity index (χ4v) is 2.80. The van der Waals surface area contributed by atoms with E-state index in [2.05, 4.69) is 54.2 Å². The Balaban J connectivity index is 1.98. The van der Waals surface area contributed by atoms with Crippen molar-refractivity contribution in [3.63, 3.8) is 0 Å². The number of rotatable bonds is 4. The van der Waals surface area contributed by atoms with Gasteiger partial charge in [-0.2, -0.15) is 0 Å². The Morgan fingerprint density at radius 3 is 3.00 bits per heavy atom. The average molecular weight is 258 g/mol. The lowest BCUT2D eigenvalue weighted by atomic mass is 10.1. The molecule has 3 nitrogen and oxygen atoms in total. The number of benzene rings is 1. The van der Waals surface area contributed by atoms with E-state index in [0.717, 1.165) is 26.2 Å². The first-order chi connectivity index (χ1) is 9.25. The largest absolute Gasteiger partial charge is 0.379 e. The minimum Gasteiger partial charge on any atom is -0.379 e. The molecule has 1 aromatic carbocycles. The van der Waals surface area contributed by atoms with Gasteiger partial charge in [-0.1, -0.05) is 32.0 Å². The van der Waals surface area contributed by atoms with Crippen LogP contribution in [0.2, 0.25) is 0 Å². The molecule has 3 rings (SSSR count). The maximum atomic E-state index is 5.53. The third-order valence-corrected chi connectivity index (χ3v) is 3.82. The molecule has 19 heavy (non-hydrogen) atoms. The Labute approximate surface area is 114 Å². The van der Waals surface area contributed by atoms with Crippen LogP contribution in [0.3, 0.4) is 0 Å². The summed E-state index contributed by atoms with van der Waals surface area (Å²) in [6.45, 7) is 7.02. The molecule has 1 aliphatic heterocycles. The van der Waals surface area contributed by atoms with Crippen molar-refractivity contribution >= 4 is 10.9 Å². The molecule has 1 atom stereocenters. The Kier molecular flexibility index (Phi) is 3.58. The molecular formula is C16H22N2O. The monoisotopic (exact) mass is 258 g/mol. The van der Waals surface area contributed by atoms with E-state index in [-0.39, 0.29) is 0 Å². The van der Waals surface area contributed by atoms with Gasteiger partial charge >= 0.3 is 0 Å².